The molecule has 16 heavy (non-hydrogen) atoms. The van der Waals surface area contributed by atoms with Gasteiger partial charge in [0.25, 0.3) is 0 Å². The van der Waals surface area contributed by atoms with Gasteiger partial charge in [-0.2, -0.15) is 0 Å². The van der Waals surface area contributed by atoms with Crippen LogP contribution < -0.4 is 0 Å². The molecular formula is C10H11N3O3. The van der Waals surface area contributed by atoms with Crippen LogP contribution in [0.25, 0.3) is 11.4 Å². The summed E-state index contributed by atoms with van der Waals surface area (Å²) in [6.45, 7) is 2.09. The topological polar surface area (TPSA) is 91.1 Å². The second-order valence-electron chi connectivity index (χ2n) is 3.24. The third-order valence-corrected chi connectivity index (χ3v) is 2.30. The van der Waals surface area contributed by atoms with Crippen LogP contribution in [0, 0.1) is 0 Å². The van der Waals surface area contributed by atoms with Crippen molar-refractivity contribution in [2.75, 3.05) is 0 Å². The van der Waals surface area contributed by atoms with Crippen molar-refractivity contribution in [1.29, 1.82) is 0 Å². The van der Waals surface area contributed by atoms with E-state index in [2.05, 4.69) is 9.97 Å². The van der Waals surface area contributed by atoms with Crippen LogP contribution in [0.2, 0.25) is 0 Å². The number of nitrogens with zero attached hydrogens (tertiary/aromatic N) is 2. The maximum Gasteiger partial charge on any atom is 0.372 e. The van der Waals surface area contributed by atoms with Crippen molar-refractivity contribution >= 4 is 5.97 Å². The van der Waals surface area contributed by atoms with Gasteiger partial charge in [0.1, 0.15) is 5.69 Å². The van der Waals surface area contributed by atoms with Crippen molar-refractivity contribution in [3.05, 3.63) is 24.2 Å². The predicted molar refractivity (Wildman–Crippen MR) is 56.3 cm³/mol. The summed E-state index contributed by atoms with van der Waals surface area (Å²) < 4.78 is 1.25. The normalized spacial score (nSPS) is 10.6. The van der Waals surface area contributed by atoms with Crippen molar-refractivity contribution in [3.63, 3.8) is 0 Å². The van der Waals surface area contributed by atoms with Gasteiger partial charge in [0.2, 0.25) is 11.7 Å². The smallest absolute Gasteiger partial charge is 0.372 e. The first-order chi connectivity index (χ1) is 7.65. The number of rotatable bonds is 3. The van der Waals surface area contributed by atoms with Gasteiger partial charge in [0, 0.05) is 12.7 Å². The number of H-pyrrole nitrogens is 1. The molecule has 2 rings (SSSR count). The van der Waals surface area contributed by atoms with Crippen molar-refractivity contribution in [1.82, 2.24) is 14.5 Å². The Labute approximate surface area is 91.2 Å². The number of aromatic amines is 1. The molecule has 2 aromatic heterocycles. The number of carbonyl (C=O) groups is 1. The monoisotopic (exact) mass is 221 g/mol. The number of aromatic nitrogens is 3. The Balaban J connectivity index is 2.61. The molecule has 0 aliphatic rings. The number of aromatic carboxylic acids is 1. The molecule has 0 bridgehead atoms. The van der Waals surface area contributed by atoms with Gasteiger partial charge in [-0.25, -0.2) is 9.78 Å². The Bertz CT molecular complexity index is 514. The summed E-state index contributed by atoms with van der Waals surface area (Å²) in [5, 5.41) is 18.8. The highest BCUT2D eigenvalue weighted by Crippen LogP contribution is 2.28. The quantitative estimate of drug-likeness (QED) is 0.728. The number of carboxylic acid groups (broad SMARTS) is 1. The molecule has 0 saturated carbocycles. The Kier molecular flexibility index (Phi) is 2.40. The highest BCUT2D eigenvalue weighted by Gasteiger charge is 2.21. The van der Waals surface area contributed by atoms with Crippen molar-refractivity contribution in [2.45, 2.75) is 13.5 Å². The highest BCUT2D eigenvalue weighted by molar-refractivity contribution is 5.85. The second kappa shape index (κ2) is 3.73. The Hall–Kier alpha value is -2.24. The summed E-state index contributed by atoms with van der Waals surface area (Å²) in [5.41, 5.74) is 0.844. The Morgan fingerprint density at radius 3 is 2.81 bits per heavy atom. The van der Waals surface area contributed by atoms with Gasteiger partial charge >= 0.3 is 5.97 Å². The molecule has 6 heteroatoms. The first-order valence-electron chi connectivity index (χ1n) is 4.81. The van der Waals surface area contributed by atoms with Crippen LogP contribution >= 0.6 is 0 Å². The van der Waals surface area contributed by atoms with E-state index >= 15 is 0 Å². The van der Waals surface area contributed by atoms with E-state index in [0.29, 0.717) is 12.2 Å². The largest absolute Gasteiger partial charge is 0.493 e. The summed E-state index contributed by atoms with van der Waals surface area (Å²) in [6.07, 6.45) is 1.68. The number of hydrogen-bond donors (Lipinski definition) is 3. The Morgan fingerprint density at radius 1 is 1.62 bits per heavy atom. The molecule has 3 N–H and O–H groups in total. The molecule has 0 aromatic carbocycles. The maximum atomic E-state index is 10.9. The lowest BCUT2D eigenvalue weighted by molar-refractivity contribution is 0.0677. The van der Waals surface area contributed by atoms with Crippen LogP contribution in [0.3, 0.4) is 0 Å². The van der Waals surface area contributed by atoms with E-state index in [9.17, 15) is 9.90 Å². The highest BCUT2D eigenvalue weighted by atomic mass is 16.4. The van der Waals surface area contributed by atoms with Crippen LogP contribution in [0.1, 0.15) is 17.5 Å². The number of nitrogens with one attached hydrogen (secondary N) is 1. The molecule has 0 spiro atoms. The van der Waals surface area contributed by atoms with Gasteiger partial charge in [-0.05, 0) is 19.1 Å². The fourth-order valence-corrected chi connectivity index (χ4v) is 1.57. The minimum atomic E-state index is -1.16. The number of imidazole rings is 1. The lowest BCUT2D eigenvalue weighted by Gasteiger charge is -2.01. The van der Waals surface area contributed by atoms with Gasteiger partial charge < -0.3 is 15.2 Å². The molecule has 0 saturated heterocycles. The average molecular weight is 221 g/mol. The van der Waals surface area contributed by atoms with E-state index in [1.165, 1.54) is 4.57 Å². The SMILES string of the molecule is CCn1c(C(=O)O)nc(-c2ccc[nH]2)c1O. The van der Waals surface area contributed by atoms with Crippen molar-refractivity contribution in [2.24, 2.45) is 0 Å². The summed E-state index contributed by atoms with van der Waals surface area (Å²) >= 11 is 0. The molecule has 0 aliphatic carbocycles. The van der Waals surface area contributed by atoms with E-state index in [0.717, 1.165) is 0 Å². The van der Waals surface area contributed by atoms with Gasteiger partial charge in [-0.15, -0.1) is 0 Å². The molecule has 0 fully saturated rings. The predicted octanol–water partition coefficient (Wildman–Crippen LogP) is 1.30. The number of aromatic hydroxyl groups is 1. The minimum absolute atomic E-state index is 0.137. The molecule has 6 nitrogen and oxygen atoms in total. The van der Waals surface area contributed by atoms with Gasteiger partial charge in [-0.1, -0.05) is 0 Å². The van der Waals surface area contributed by atoms with Crippen LogP contribution in [0.5, 0.6) is 5.88 Å². The lowest BCUT2D eigenvalue weighted by Crippen LogP contribution is -2.08. The first-order valence-corrected chi connectivity index (χ1v) is 4.81. The van der Waals surface area contributed by atoms with Gasteiger partial charge in [0.15, 0.2) is 0 Å². The lowest BCUT2D eigenvalue weighted by atomic mass is 10.3. The van der Waals surface area contributed by atoms with E-state index in [4.69, 9.17) is 5.11 Å². The molecule has 2 heterocycles. The zero-order valence-corrected chi connectivity index (χ0v) is 8.64. The molecule has 0 radical (unpaired) electrons. The minimum Gasteiger partial charge on any atom is -0.493 e. The van der Waals surface area contributed by atoms with E-state index in [1.807, 2.05) is 0 Å². The summed E-state index contributed by atoms with van der Waals surface area (Å²) in [7, 11) is 0. The number of carboxylic acids is 1. The van der Waals surface area contributed by atoms with E-state index < -0.39 is 5.97 Å². The van der Waals surface area contributed by atoms with Crippen molar-refractivity contribution in [3.8, 4) is 17.3 Å². The van der Waals surface area contributed by atoms with E-state index in [-0.39, 0.29) is 17.4 Å². The van der Waals surface area contributed by atoms with Gasteiger partial charge in [0.05, 0.1) is 5.69 Å². The fourth-order valence-electron chi connectivity index (χ4n) is 1.57. The Morgan fingerprint density at radius 2 is 2.38 bits per heavy atom. The van der Waals surface area contributed by atoms with Crippen LogP contribution in [0.4, 0.5) is 0 Å². The first kappa shape index (κ1) is 10.3. The average Bonchev–Trinajstić information content (AvgIpc) is 2.84. The standard InChI is InChI=1S/C10H11N3O3/c1-2-13-8(10(15)16)12-7(9(13)14)6-4-3-5-11-6/h3-5,11,14H,2H2,1H3,(H,15,16). The number of hydrogen-bond acceptors (Lipinski definition) is 3. The zero-order chi connectivity index (χ0) is 11.7. The fraction of sp³-hybridized carbons (Fsp3) is 0.200. The van der Waals surface area contributed by atoms with Crippen molar-refractivity contribution < 1.29 is 15.0 Å². The molecule has 0 unspecified atom stereocenters. The van der Waals surface area contributed by atoms with Gasteiger partial charge in [-0.3, -0.25) is 4.57 Å². The van der Waals surface area contributed by atoms with Crippen LogP contribution in [0.15, 0.2) is 18.3 Å². The maximum absolute atomic E-state index is 10.9. The second-order valence-corrected chi connectivity index (χ2v) is 3.24. The molecular weight excluding hydrogens is 210 g/mol. The third kappa shape index (κ3) is 1.44. The molecule has 0 atom stereocenters. The summed E-state index contributed by atoms with van der Waals surface area (Å²) in [4.78, 5) is 17.7. The summed E-state index contributed by atoms with van der Waals surface area (Å²) in [5.74, 6) is -1.46. The summed E-state index contributed by atoms with van der Waals surface area (Å²) in [6, 6.07) is 3.47. The molecule has 0 aliphatic heterocycles. The van der Waals surface area contributed by atoms with E-state index in [1.54, 1.807) is 25.3 Å². The molecule has 0 amide bonds. The zero-order valence-electron chi connectivity index (χ0n) is 8.64. The molecule has 84 valence electrons. The third-order valence-electron chi connectivity index (χ3n) is 2.30. The molecule has 2 aromatic rings. The van der Waals surface area contributed by atoms with Crippen LogP contribution in [-0.4, -0.2) is 30.7 Å². The van der Waals surface area contributed by atoms with Crippen LogP contribution in [-0.2, 0) is 6.54 Å².